The van der Waals surface area contributed by atoms with Crippen molar-refractivity contribution in [2.24, 2.45) is 5.10 Å². The van der Waals surface area contributed by atoms with E-state index in [1.165, 1.54) is 13.1 Å². The van der Waals surface area contributed by atoms with Gasteiger partial charge >= 0.3 is 0 Å². The first-order valence-corrected chi connectivity index (χ1v) is 5.68. The zero-order chi connectivity index (χ0) is 13.0. The molecule has 92 valence electrons. The molecule has 18 heavy (non-hydrogen) atoms. The van der Waals surface area contributed by atoms with Crippen LogP contribution in [0.3, 0.4) is 0 Å². The van der Waals surface area contributed by atoms with Crippen LogP contribution in [0.4, 0.5) is 0 Å². The molecular formula is C13H11ClN2O2. The molecule has 1 heterocycles. The maximum Gasteiger partial charge on any atom is 0.236 e. The van der Waals surface area contributed by atoms with Gasteiger partial charge in [-0.15, -0.1) is 0 Å². The van der Waals surface area contributed by atoms with E-state index in [4.69, 9.17) is 16.0 Å². The number of halogens is 1. The molecule has 0 aliphatic carbocycles. The van der Waals surface area contributed by atoms with Gasteiger partial charge in [-0.05, 0) is 36.4 Å². The van der Waals surface area contributed by atoms with Crippen LogP contribution < -0.4 is 5.43 Å². The normalized spacial score (nSPS) is 10.8. The predicted molar refractivity (Wildman–Crippen MR) is 70.6 cm³/mol. The summed E-state index contributed by atoms with van der Waals surface area (Å²) in [5, 5.41) is 4.40. The lowest BCUT2D eigenvalue weighted by molar-refractivity contribution is -0.118. The van der Waals surface area contributed by atoms with Crippen molar-refractivity contribution in [1.82, 2.24) is 5.43 Å². The summed E-state index contributed by atoms with van der Waals surface area (Å²) in [5.41, 5.74) is 3.23. The zero-order valence-corrected chi connectivity index (χ0v) is 10.4. The molecule has 2 rings (SSSR count). The highest BCUT2D eigenvalue weighted by atomic mass is 35.5. The molecule has 0 saturated carbocycles. The Morgan fingerprint density at radius 1 is 1.28 bits per heavy atom. The molecule has 0 spiro atoms. The van der Waals surface area contributed by atoms with E-state index < -0.39 is 0 Å². The summed E-state index contributed by atoms with van der Waals surface area (Å²) in [6.45, 7) is 1.39. The van der Waals surface area contributed by atoms with Crippen LogP contribution >= 0.6 is 11.6 Å². The number of rotatable bonds is 3. The number of benzene rings is 1. The minimum atomic E-state index is -0.226. The van der Waals surface area contributed by atoms with Gasteiger partial charge in [0.05, 0.1) is 6.21 Å². The largest absolute Gasteiger partial charge is 0.455 e. The molecular weight excluding hydrogens is 252 g/mol. The van der Waals surface area contributed by atoms with Crippen LogP contribution in [0, 0.1) is 0 Å². The SMILES string of the molecule is CC(=O)NN=Cc1ccc(-c2ccc(Cl)cc2)o1. The third kappa shape index (κ3) is 3.21. The second kappa shape index (κ2) is 5.51. The average Bonchev–Trinajstić information content (AvgIpc) is 2.78. The van der Waals surface area contributed by atoms with Gasteiger partial charge in [-0.2, -0.15) is 5.10 Å². The van der Waals surface area contributed by atoms with Crippen molar-refractivity contribution in [3.8, 4) is 11.3 Å². The third-order valence-electron chi connectivity index (χ3n) is 2.17. The average molecular weight is 263 g/mol. The Hall–Kier alpha value is -2.07. The van der Waals surface area contributed by atoms with Crippen molar-refractivity contribution in [3.63, 3.8) is 0 Å². The highest BCUT2D eigenvalue weighted by molar-refractivity contribution is 6.30. The molecule has 1 aromatic carbocycles. The van der Waals surface area contributed by atoms with Crippen LogP contribution in [0.2, 0.25) is 5.02 Å². The van der Waals surface area contributed by atoms with Crippen LogP contribution in [0.1, 0.15) is 12.7 Å². The van der Waals surface area contributed by atoms with E-state index in [1.807, 2.05) is 18.2 Å². The second-order valence-corrected chi connectivity index (χ2v) is 4.07. The summed E-state index contributed by atoms with van der Waals surface area (Å²) in [7, 11) is 0. The van der Waals surface area contributed by atoms with E-state index in [0.717, 1.165) is 11.3 Å². The lowest BCUT2D eigenvalue weighted by Crippen LogP contribution is -2.12. The van der Waals surface area contributed by atoms with Gasteiger partial charge < -0.3 is 4.42 Å². The van der Waals surface area contributed by atoms with Gasteiger partial charge in [0.1, 0.15) is 11.5 Å². The number of hydrogen-bond acceptors (Lipinski definition) is 3. The number of nitrogens with one attached hydrogen (secondary N) is 1. The van der Waals surface area contributed by atoms with Gasteiger partial charge in [-0.3, -0.25) is 4.79 Å². The molecule has 0 radical (unpaired) electrons. The van der Waals surface area contributed by atoms with Crippen molar-refractivity contribution in [1.29, 1.82) is 0 Å². The number of hydrazone groups is 1. The topological polar surface area (TPSA) is 54.6 Å². The van der Waals surface area contributed by atoms with E-state index >= 15 is 0 Å². The molecule has 0 saturated heterocycles. The lowest BCUT2D eigenvalue weighted by atomic mass is 10.2. The Kier molecular flexibility index (Phi) is 3.79. The molecule has 0 fully saturated rings. The van der Waals surface area contributed by atoms with Gasteiger partial charge in [0.15, 0.2) is 0 Å². The number of nitrogens with zero attached hydrogens (tertiary/aromatic N) is 1. The lowest BCUT2D eigenvalue weighted by Gasteiger charge is -1.96. The number of carbonyl (C=O) groups is 1. The molecule has 2 aromatic rings. The highest BCUT2D eigenvalue weighted by Crippen LogP contribution is 2.23. The highest BCUT2D eigenvalue weighted by Gasteiger charge is 2.03. The molecule has 1 aromatic heterocycles. The first-order chi connectivity index (χ1) is 8.65. The molecule has 1 N–H and O–H groups in total. The first kappa shape index (κ1) is 12.4. The van der Waals surface area contributed by atoms with Gasteiger partial charge in [0.25, 0.3) is 0 Å². The van der Waals surface area contributed by atoms with Crippen LogP contribution in [-0.4, -0.2) is 12.1 Å². The summed E-state index contributed by atoms with van der Waals surface area (Å²) in [5.74, 6) is 1.06. The third-order valence-corrected chi connectivity index (χ3v) is 2.42. The Morgan fingerprint density at radius 3 is 2.67 bits per heavy atom. The van der Waals surface area contributed by atoms with E-state index in [2.05, 4.69) is 10.5 Å². The van der Waals surface area contributed by atoms with E-state index in [9.17, 15) is 4.79 Å². The first-order valence-electron chi connectivity index (χ1n) is 5.30. The van der Waals surface area contributed by atoms with E-state index in [0.29, 0.717) is 10.8 Å². The van der Waals surface area contributed by atoms with Crippen molar-refractivity contribution in [2.75, 3.05) is 0 Å². The summed E-state index contributed by atoms with van der Waals surface area (Å²) < 4.78 is 5.55. The Bertz CT molecular complexity index is 573. The smallest absolute Gasteiger partial charge is 0.236 e. The monoisotopic (exact) mass is 262 g/mol. The summed E-state index contributed by atoms with van der Waals surface area (Å²) in [6.07, 6.45) is 1.45. The fraction of sp³-hybridized carbons (Fsp3) is 0.0769. The fourth-order valence-electron chi connectivity index (χ4n) is 1.38. The maximum atomic E-state index is 10.6. The van der Waals surface area contributed by atoms with E-state index in [-0.39, 0.29) is 5.91 Å². The van der Waals surface area contributed by atoms with Crippen molar-refractivity contribution >= 4 is 23.7 Å². The standard InChI is InChI=1S/C13H11ClN2O2/c1-9(17)16-15-8-12-6-7-13(18-12)10-2-4-11(14)5-3-10/h2-8H,1H3,(H,16,17). The van der Waals surface area contributed by atoms with Crippen molar-refractivity contribution in [2.45, 2.75) is 6.92 Å². The van der Waals surface area contributed by atoms with Gasteiger partial charge in [0, 0.05) is 17.5 Å². The van der Waals surface area contributed by atoms with Crippen LogP contribution in [-0.2, 0) is 4.79 Å². The number of furan rings is 1. The quantitative estimate of drug-likeness (QED) is 0.683. The summed E-state index contributed by atoms with van der Waals surface area (Å²) >= 11 is 5.81. The summed E-state index contributed by atoms with van der Waals surface area (Å²) in [4.78, 5) is 10.6. The summed E-state index contributed by atoms with van der Waals surface area (Å²) in [6, 6.07) is 10.9. The predicted octanol–water partition coefficient (Wildman–Crippen LogP) is 3.07. The Labute approximate surface area is 109 Å². The van der Waals surface area contributed by atoms with Gasteiger partial charge in [0.2, 0.25) is 5.91 Å². The zero-order valence-electron chi connectivity index (χ0n) is 9.68. The minimum absolute atomic E-state index is 0.226. The molecule has 1 amide bonds. The van der Waals surface area contributed by atoms with Crippen molar-refractivity contribution < 1.29 is 9.21 Å². The maximum absolute atomic E-state index is 10.6. The van der Waals surface area contributed by atoms with Crippen molar-refractivity contribution in [3.05, 3.63) is 47.2 Å². The van der Waals surface area contributed by atoms with E-state index in [1.54, 1.807) is 18.2 Å². The van der Waals surface area contributed by atoms with Crippen LogP contribution in [0.15, 0.2) is 45.9 Å². The van der Waals surface area contributed by atoms with Crippen LogP contribution in [0.5, 0.6) is 0 Å². The molecule has 0 atom stereocenters. The Balaban J connectivity index is 2.12. The number of hydrogen-bond donors (Lipinski definition) is 1. The Morgan fingerprint density at radius 2 is 2.00 bits per heavy atom. The number of carbonyl (C=O) groups excluding carboxylic acids is 1. The molecule has 0 unspecified atom stereocenters. The molecule has 0 bridgehead atoms. The molecule has 5 heteroatoms. The fourth-order valence-corrected chi connectivity index (χ4v) is 1.50. The van der Waals surface area contributed by atoms with Gasteiger partial charge in [-0.1, -0.05) is 11.6 Å². The molecule has 4 nitrogen and oxygen atoms in total. The van der Waals surface area contributed by atoms with Crippen LogP contribution in [0.25, 0.3) is 11.3 Å². The van der Waals surface area contributed by atoms with Gasteiger partial charge in [-0.25, -0.2) is 5.43 Å². The number of amides is 1. The molecule has 0 aliphatic heterocycles. The molecule has 0 aliphatic rings. The minimum Gasteiger partial charge on any atom is -0.455 e. The second-order valence-electron chi connectivity index (χ2n) is 3.64.